The molecule has 3 aliphatic carbocycles. The number of hydrogen-bond donors (Lipinski definition) is 2. The van der Waals surface area contributed by atoms with Gasteiger partial charge in [-0.15, -0.1) is 0 Å². The zero-order valence-electron chi connectivity index (χ0n) is 20.0. The summed E-state index contributed by atoms with van der Waals surface area (Å²) in [4.78, 5) is 0. The molecule has 0 bridgehead atoms. The molecule has 5 unspecified atom stereocenters. The maximum absolute atomic E-state index is 10.3. The van der Waals surface area contributed by atoms with E-state index in [9.17, 15) is 10.2 Å². The van der Waals surface area contributed by atoms with Crippen LogP contribution in [0.1, 0.15) is 86.0 Å². The van der Waals surface area contributed by atoms with Gasteiger partial charge in [0.1, 0.15) is 0 Å². The number of fused-ring (bicyclic) bond motifs is 1. The zero-order valence-corrected chi connectivity index (χ0v) is 20.0. The third-order valence-electron chi connectivity index (χ3n) is 8.68. The first-order valence-corrected chi connectivity index (χ1v) is 12.2. The van der Waals surface area contributed by atoms with Gasteiger partial charge in [-0.2, -0.15) is 0 Å². The highest BCUT2D eigenvalue weighted by molar-refractivity contribution is 5.36. The Kier molecular flexibility index (Phi) is 7.19. The Morgan fingerprint density at radius 3 is 2.53 bits per heavy atom. The summed E-state index contributed by atoms with van der Waals surface area (Å²) in [5, 5.41) is 20.3. The van der Waals surface area contributed by atoms with E-state index in [1.54, 1.807) is 5.57 Å². The normalized spacial score (nSPS) is 37.7. The number of hydrogen-bond acceptors (Lipinski definition) is 2. The molecule has 2 nitrogen and oxygen atoms in total. The molecule has 168 valence electrons. The van der Waals surface area contributed by atoms with E-state index >= 15 is 0 Å². The Balaban J connectivity index is 1.75. The molecule has 3 aliphatic rings. The van der Waals surface area contributed by atoms with Crippen LogP contribution in [0.4, 0.5) is 0 Å². The van der Waals surface area contributed by atoms with E-state index in [1.165, 1.54) is 43.3 Å². The molecule has 3 fully saturated rings. The molecule has 0 radical (unpaired) electrons. The molecular formula is C28H44O2. The van der Waals surface area contributed by atoms with Crippen molar-refractivity contribution in [1.29, 1.82) is 0 Å². The molecule has 0 heterocycles. The van der Waals surface area contributed by atoms with Crippen molar-refractivity contribution in [3.63, 3.8) is 0 Å². The fourth-order valence-electron chi connectivity index (χ4n) is 6.25. The van der Waals surface area contributed by atoms with Crippen LogP contribution in [0, 0.1) is 29.1 Å². The van der Waals surface area contributed by atoms with Crippen molar-refractivity contribution in [3.8, 4) is 0 Å². The monoisotopic (exact) mass is 412 g/mol. The summed E-state index contributed by atoms with van der Waals surface area (Å²) in [6.45, 7) is 15.0. The lowest BCUT2D eigenvalue weighted by Gasteiger charge is -2.44. The van der Waals surface area contributed by atoms with Crippen molar-refractivity contribution < 1.29 is 10.2 Å². The highest BCUT2D eigenvalue weighted by Gasteiger charge is 2.50. The fourth-order valence-corrected chi connectivity index (χ4v) is 6.25. The lowest BCUT2D eigenvalue weighted by atomic mass is 9.61. The van der Waals surface area contributed by atoms with Crippen molar-refractivity contribution in [1.82, 2.24) is 0 Å². The van der Waals surface area contributed by atoms with E-state index in [0.717, 1.165) is 19.3 Å². The molecule has 0 aromatic carbocycles. The molecule has 0 aromatic rings. The van der Waals surface area contributed by atoms with Crippen LogP contribution in [0.3, 0.4) is 0 Å². The van der Waals surface area contributed by atoms with Gasteiger partial charge in [-0.1, -0.05) is 62.8 Å². The van der Waals surface area contributed by atoms with Gasteiger partial charge in [-0.3, -0.25) is 0 Å². The van der Waals surface area contributed by atoms with Gasteiger partial charge in [0.15, 0.2) is 0 Å². The molecule has 30 heavy (non-hydrogen) atoms. The predicted molar refractivity (Wildman–Crippen MR) is 127 cm³/mol. The average Bonchev–Trinajstić information content (AvgIpc) is 3.03. The minimum atomic E-state index is -0.663. The summed E-state index contributed by atoms with van der Waals surface area (Å²) in [7, 11) is 0. The van der Waals surface area contributed by atoms with Crippen molar-refractivity contribution in [2.75, 3.05) is 0 Å². The van der Waals surface area contributed by atoms with E-state index < -0.39 is 5.60 Å². The number of rotatable bonds is 5. The SMILES string of the molecule is C=C1CCC(O)CC1=CC=C1CCC[C@@]2(C)C1CCC2C(C)C=CC(C)C(C)(C)O. The summed E-state index contributed by atoms with van der Waals surface area (Å²) >= 11 is 0. The lowest BCUT2D eigenvalue weighted by Crippen LogP contribution is -2.35. The number of allylic oxidation sites excluding steroid dienone is 5. The van der Waals surface area contributed by atoms with Crippen molar-refractivity contribution in [2.24, 2.45) is 29.1 Å². The van der Waals surface area contributed by atoms with Gasteiger partial charge in [0.25, 0.3) is 0 Å². The van der Waals surface area contributed by atoms with Crippen LogP contribution in [-0.4, -0.2) is 21.9 Å². The van der Waals surface area contributed by atoms with Crippen LogP contribution >= 0.6 is 0 Å². The standard InChI is InChI=1S/C28H44O2/c1-19-10-14-24(29)18-23(19)13-12-22-8-7-17-28(6)25(15-16-26(22)28)20(2)9-11-21(3)27(4,5)30/h9,11-13,20-21,24-26,29-30H,1,7-8,10,14-18H2,2-6H3/t20?,21?,24?,25?,26?,28-/m1/s1. The van der Waals surface area contributed by atoms with E-state index in [-0.39, 0.29) is 12.0 Å². The van der Waals surface area contributed by atoms with Crippen LogP contribution in [0.5, 0.6) is 0 Å². The summed E-state index contributed by atoms with van der Waals surface area (Å²) in [6, 6.07) is 0. The smallest absolute Gasteiger partial charge is 0.0651 e. The topological polar surface area (TPSA) is 40.5 Å². The Morgan fingerprint density at radius 1 is 1.10 bits per heavy atom. The maximum Gasteiger partial charge on any atom is 0.0651 e. The molecule has 0 amide bonds. The van der Waals surface area contributed by atoms with E-state index in [2.05, 4.69) is 51.7 Å². The first kappa shape index (κ1) is 23.5. The van der Waals surface area contributed by atoms with Crippen LogP contribution in [0.25, 0.3) is 0 Å². The minimum Gasteiger partial charge on any atom is -0.393 e. The fraction of sp³-hybridized carbons (Fsp3) is 0.714. The quantitative estimate of drug-likeness (QED) is 0.490. The third-order valence-corrected chi connectivity index (χ3v) is 8.68. The minimum absolute atomic E-state index is 0.164. The number of aliphatic hydroxyl groups excluding tert-OH is 1. The van der Waals surface area contributed by atoms with Gasteiger partial charge in [0.2, 0.25) is 0 Å². The second kappa shape index (κ2) is 9.17. The van der Waals surface area contributed by atoms with E-state index in [1.807, 2.05) is 13.8 Å². The molecule has 0 spiro atoms. The maximum atomic E-state index is 10.3. The van der Waals surface area contributed by atoms with E-state index in [0.29, 0.717) is 23.2 Å². The van der Waals surface area contributed by atoms with Gasteiger partial charge in [0.05, 0.1) is 11.7 Å². The molecule has 3 rings (SSSR count). The molecular weight excluding hydrogens is 368 g/mol. The predicted octanol–water partition coefficient (Wildman–Crippen LogP) is 6.76. The highest BCUT2D eigenvalue weighted by Crippen LogP contribution is 2.59. The van der Waals surface area contributed by atoms with Crippen LogP contribution in [-0.2, 0) is 0 Å². The van der Waals surface area contributed by atoms with E-state index in [4.69, 9.17) is 0 Å². The molecule has 0 saturated heterocycles. The third kappa shape index (κ3) is 5.02. The van der Waals surface area contributed by atoms with Gasteiger partial charge in [0, 0.05) is 5.92 Å². The molecule has 6 atom stereocenters. The Bertz CT molecular complexity index is 719. The summed E-state index contributed by atoms with van der Waals surface area (Å²) < 4.78 is 0. The van der Waals surface area contributed by atoms with Crippen molar-refractivity contribution in [2.45, 2.75) is 97.7 Å². The second-order valence-electron chi connectivity index (χ2n) is 11.2. The Hall–Kier alpha value is -1.12. The lowest BCUT2D eigenvalue weighted by molar-refractivity contribution is 0.0436. The molecule has 2 N–H and O–H groups in total. The first-order valence-electron chi connectivity index (χ1n) is 12.2. The molecule has 0 aliphatic heterocycles. The van der Waals surface area contributed by atoms with Gasteiger partial charge >= 0.3 is 0 Å². The van der Waals surface area contributed by atoms with Gasteiger partial charge in [-0.25, -0.2) is 0 Å². The average molecular weight is 413 g/mol. The van der Waals surface area contributed by atoms with Crippen LogP contribution < -0.4 is 0 Å². The zero-order chi connectivity index (χ0) is 22.1. The van der Waals surface area contributed by atoms with Crippen LogP contribution in [0.2, 0.25) is 0 Å². The first-order chi connectivity index (χ1) is 14.0. The molecule has 3 saturated carbocycles. The van der Waals surface area contributed by atoms with Gasteiger partial charge in [-0.05, 0) is 94.0 Å². The molecule has 0 aromatic heterocycles. The summed E-state index contributed by atoms with van der Waals surface area (Å²) in [5.74, 6) is 2.08. The van der Waals surface area contributed by atoms with Crippen molar-refractivity contribution >= 4 is 0 Å². The number of aliphatic hydroxyl groups is 2. The van der Waals surface area contributed by atoms with Crippen molar-refractivity contribution in [3.05, 3.63) is 47.6 Å². The van der Waals surface area contributed by atoms with Crippen LogP contribution in [0.15, 0.2) is 47.6 Å². The Labute approximate surface area is 184 Å². The summed E-state index contributed by atoms with van der Waals surface area (Å²) in [6.07, 6.45) is 18.0. The molecule has 2 heteroatoms. The highest BCUT2D eigenvalue weighted by atomic mass is 16.3. The largest absolute Gasteiger partial charge is 0.393 e. The Morgan fingerprint density at radius 2 is 1.83 bits per heavy atom. The second-order valence-corrected chi connectivity index (χ2v) is 11.2. The van der Waals surface area contributed by atoms with Gasteiger partial charge < -0.3 is 10.2 Å². The summed E-state index contributed by atoms with van der Waals surface area (Å²) in [5.41, 5.74) is 3.78.